The summed E-state index contributed by atoms with van der Waals surface area (Å²) in [5, 5.41) is 21.7. The number of fused-ring (bicyclic) bond motifs is 1. The number of nitrogens with zero attached hydrogens (tertiary/aromatic N) is 1. The maximum Gasteiger partial charge on any atom is 0.522 e. The molecule has 1 unspecified atom stereocenters. The molecule has 0 aliphatic carbocycles. The topological polar surface area (TPSA) is 142 Å². The van der Waals surface area contributed by atoms with Gasteiger partial charge in [-0.25, -0.2) is 13.2 Å². The number of benzene rings is 1. The predicted octanol–water partition coefficient (Wildman–Crippen LogP) is -0.443. The van der Waals surface area contributed by atoms with Gasteiger partial charge in [0.2, 0.25) is 5.91 Å². The van der Waals surface area contributed by atoms with Crippen molar-refractivity contribution in [3.8, 4) is 11.5 Å². The molecule has 0 radical (unpaired) electrons. The summed E-state index contributed by atoms with van der Waals surface area (Å²) in [6.45, 7) is 1.39. The van der Waals surface area contributed by atoms with Gasteiger partial charge in [0, 0.05) is 13.0 Å². The van der Waals surface area contributed by atoms with Crippen molar-refractivity contribution in [2.75, 3.05) is 31.9 Å². The second-order valence-electron chi connectivity index (χ2n) is 8.13. The molecule has 31 heavy (non-hydrogen) atoms. The molecule has 3 aliphatic heterocycles. The number of carbonyl (C=O) groups excluding carboxylic acids is 1. The van der Waals surface area contributed by atoms with Gasteiger partial charge in [0.25, 0.3) is 0 Å². The molecule has 0 saturated carbocycles. The van der Waals surface area contributed by atoms with Crippen LogP contribution in [-0.4, -0.2) is 85.7 Å². The van der Waals surface area contributed by atoms with Crippen molar-refractivity contribution >= 4 is 28.8 Å². The van der Waals surface area contributed by atoms with E-state index in [1.54, 1.807) is 12.1 Å². The molecule has 3 aliphatic rings. The van der Waals surface area contributed by atoms with Gasteiger partial charge in [-0.05, 0) is 37.3 Å². The van der Waals surface area contributed by atoms with Crippen LogP contribution in [0.25, 0.3) is 0 Å². The van der Waals surface area contributed by atoms with Crippen molar-refractivity contribution in [2.24, 2.45) is 0 Å². The van der Waals surface area contributed by atoms with Crippen molar-refractivity contribution in [3.63, 3.8) is 0 Å². The summed E-state index contributed by atoms with van der Waals surface area (Å²) in [4.78, 5) is 25.9. The number of carboxylic acids is 1. The summed E-state index contributed by atoms with van der Waals surface area (Å²) in [5.74, 6) is -1.17. The zero-order chi connectivity index (χ0) is 22.2. The highest BCUT2D eigenvalue weighted by Crippen LogP contribution is 2.37. The molecule has 1 aromatic rings. The number of carboxylic acid groups (broad SMARTS) is 1. The third kappa shape index (κ3) is 4.65. The molecule has 2 fully saturated rings. The number of hydrogen-bond acceptors (Lipinski definition) is 8. The van der Waals surface area contributed by atoms with Gasteiger partial charge in [0.05, 0.1) is 24.1 Å². The molecule has 4 rings (SSSR count). The van der Waals surface area contributed by atoms with Crippen LogP contribution in [0.5, 0.6) is 11.5 Å². The number of carbonyl (C=O) groups is 2. The van der Waals surface area contributed by atoms with Crippen molar-refractivity contribution in [2.45, 2.75) is 36.9 Å². The molecule has 12 heteroatoms. The lowest BCUT2D eigenvalue weighted by molar-refractivity contribution is -0.140. The van der Waals surface area contributed by atoms with Gasteiger partial charge in [-0.2, -0.15) is 0 Å². The van der Waals surface area contributed by atoms with E-state index in [1.165, 1.54) is 4.90 Å². The lowest BCUT2D eigenvalue weighted by atomic mass is 9.78. The minimum absolute atomic E-state index is 0.0764. The van der Waals surface area contributed by atoms with Gasteiger partial charge in [-0.3, -0.25) is 4.79 Å². The normalized spacial score (nSPS) is 23.2. The maximum atomic E-state index is 12.5. The zero-order valence-electron chi connectivity index (χ0n) is 17.0. The van der Waals surface area contributed by atoms with Crippen LogP contribution >= 0.6 is 0 Å². The van der Waals surface area contributed by atoms with Crippen LogP contribution in [0.15, 0.2) is 12.1 Å². The van der Waals surface area contributed by atoms with E-state index in [9.17, 15) is 28.1 Å². The number of rotatable bonds is 5. The van der Waals surface area contributed by atoms with Crippen LogP contribution in [0.2, 0.25) is 6.32 Å². The Morgan fingerprint density at radius 3 is 2.84 bits per heavy atom. The van der Waals surface area contributed by atoms with Crippen LogP contribution in [0.4, 0.5) is 0 Å². The van der Waals surface area contributed by atoms with Crippen molar-refractivity contribution in [1.29, 1.82) is 0 Å². The minimum atomic E-state index is -3.30. The van der Waals surface area contributed by atoms with E-state index in [-0.39, 0.29) is 54.8 Å². The number of aromatic carboxylic acids is 1. The van der Waals surface area contributed by atoms with Gasteiger partial charge in [-0.15, -0.1) is 0 Å². The monoisotopic (exact) mass is 452 g/mol. The Hall–Kier alpha value is -2.31. The molecular formula is C19H25BN2O8S. The number of ether oxygens (including phenoxy) is 1. The molecule has 1 amide bonds. The van der Waals surface area contributed by atoms with Crippen LogP contribution in [0, 0.1) is 0 Å². The third-order valence-corrected chi connectivity index (χ3v) is 8.10. The number of sulfone groups is 1. The Morgan fingerprint density at radius 1 is 1.32 bits per heavy atom. The lowest BCUT2D eigenvalue weighted by Crippen LogP contribution is -2.57. The SMILES string of the molecule is O=C(O)c1c(OC2CN(C(=O)CC3CNCCCS3(=O)=O)C2)ccc2c1OB(O)CC2. The van der Waals surface area contributed by atoms with Gasteiger partial charge in [0.1, 0.15) is 23.2 Å². The van der Waals surface area contributed by atoms with Crippen molar-refractivity contribution in [3.05, 3.63) is 23.3 Å². The predicted molar refractivity (Wildman–Crippen MR) is 111 cm³/mol. The van der Waals surface area contributed by atoms with Gasteiger partial charge >= 0.3 is 13.1 Å². The second kappa shape index (κ2) is 8.68. The molecule has 0 aromatic heterocycles. The largest absolute Gasteiger partial charge is 0.535 e. The number of hydrogen-bond donors (Lipinski definition) is 3. The summed E-state index contributed by atoms with van der Waals surface area (Å²) in [5.41, 5.74) is 0.551. The number of amides is 1. The van der Waals surface area contributed by atoms with Gasteiger partial charge in [0.15, 0.2) is 9.84 Å². The van der Waals surface area contributed by atoms with Crippen molar-refractivity contribution < 1.29 is 37.5 Å². The van der Waals surface area contributed by atoms with E-state index < -0.39 is 34.3 Å². The highest BCUT2D eigenvalue weighted by atomic mass is 32.2. The van der Waals surface area contributed by atoms with Crippen LogP contribution in [0.3, 0.4) is 0 Å². The summed E-state index contributed by atoms with van der Waals surface area (Å²) in [6.07, 6.45) is 0.949. The van der Waals surface area contributed by atoms with Gasteiger partial charge < -0.3 is 29.7 Å². The molecule has 1 aromatic carbocycles. The number of aryl methyl sites for hydroxylation is 1. The summed E-state index contributed by atoms with van der Waals surface area (Å²) in [6, 6.07) is 3.28. The quantitative estimate of drug-likeness (QED) is 0.507. The number of nitrogens with one attached hydrogen (secondary N) is 1. The minimum Gasteiger partial charge on any atom is -0.535 e. The molecule has 3 N–H and O–H groups in total. The van der Waals surface area contributed by atoms with E-state index >= 15 is 0 Å². The first-order valence-corrected chi connectivity index (χ1v) is 12.1. The van der Waals surface area contributed by atoms with E-state index in [4.69, 9.17) is 9.39 Å². The first-order chi connectivity index (χ1) is 14.7. The zero-order valence-corrected chi connectivity index (χ0v) is 17.8. The average molecular weight is 452 g/mol. The standard InChI is InChI=1S/C19H25BN2O8S/c23-16(8-14-9-21-6-1-7-31(14,27)28)22-10-13(11-22)29-15-3-2-12-4-5-20(26)30-18(12)17(15)19(24)25/h2-3,13-14,21,26H,1,4-11H2,(H,24,25). The van der Waals surface area contributed by atoms with E-state index in [0.29, 0.717) is 31.3 Å². The fourth-order valence-electron chi connectivity index (χ4n) is 4.09. The van der Waals surface area contributed by atoms with Crippen LogP contribution in [-0.2, 0) is 21.1 Å². The molecule has 10 nitrogen and oxygen atoms in total. The first kappa shape index (κ1) is 21.9. The first-order valence-electron chi connectivity index (χ1n) is 10.3. The fraction of sp³-hybridized carbons (Fsp3) is 0.579. The van der Waals surface area contributed by atoms with E-state index in [1.807, 2.05) is 0 Å². The Balaban J connectivity index is 1.38. The highest BCUT2D eigenvalue weighted by molar-refractivity contribution is 7.92. The lowest BCUT2D eigenvalue weighted by Gasteiger charge is -2.40. The second-order valence-corrected chi connectivity index (χ2v) is 10.5. The third-order valence-electron chi connectivity index (χ3n) is 5.89. The molecule has 2 saturated heterocycles. The Kier molecular flexibility index (Phi) is 6.13. The van der Waals surface area contributed by atoms with Gasteiger partial charge in [-0.1, -0.05) is 6.07 Å². The van der Waals surface area contributed by atoms with E-state index in [2.05, 4.69) is 5.32 Å². The summed E-state index contributed by atoms with van der Waals surface area (Å²) >= 11 is 0. The molecule has 0 bridgehead atoms. The Labute approximate surface area is 180 Å². The summed E-state index contributed by atoms with van der Waals surface area (Å²) < 4.78 is 35.7. The van der Waals surface area contributed by atoms with Crippen LogP contribution in [0.1, 0.15) is 28.8 Å². The van der Waals surface area contributed by atoms with E-state index in [0.717, 1.165) is 0 Å². The van der Waals surface area contributed by atoms with Crippen LogP contribution < -0.4 is 14.7 Å². The molecule has 168 valence electrons. The maximum absolute atomic E-state index is 12.5. The Morgan fingerprint density at radius 2 is 2.10 bits per heavy atom. The number of likely N-dealkylation sites (tertiary alicyclic amines) is 1. The average Bonchev–Trinajstić information content (AvgIpc) is 2.83. The molecule has 3 heterocycles. The molecule has 0 spiro atoms. The Bertz CT molecular complexity index is 979. The van der Waals surface area contributed by atoms with Crippen molar-refractivity contribution in [1.82, 2.24) is 10.2 Å². The molecule has 1 atom stereocenters. The fourth-order valence-corrected chi connectivity index (χ4v) is 5.74. The summed E-state index contributed by atoms with van der Waals surface area (Å²) in [7, 11) is -4.37. The highest BCUT2D eigenvalue weighted by Gasteiger charge is 2.38. The smallest absolute Gasteiger partial charge is 0.522 e. The molecular weight excluding hydrogens is 427 g/mol.